The van der Waals surface area contributed by atoms with Gasteiger partial charge in [0.15, 0.2) is 0 Å². The minimum atomic E-state index is -0.00342. The monoisotopic (exact) mass is 410 g/mol. The van der Waals surface area contributed by atoms with Crippen molar-refractivity contribution in [3.8, 4) is 5.69 Å². The predicted octanol–water partition coefficient (Wildman–Crippen LogP) is 3.98. The summed E-state index contributed by atoms with van der Waals surface area (Å²) < 4.78 is 11.2. The molecule has 7 heteroatoms. The van der Waals surface area contributed by atoms with Crippen molar-refractivity contribution in [1.82, 2.24) is 19.9 Å². The Morgan fingerprint density at radius 2 is 1.90 bits per heavy atom. The average molecular weight is 411 g/mol. The van der Waals surface area contributed by atoms with Gasteiger partial charge in [0.25, 0.3) is 5.91 Å². The van der Waals surface area contributed by atoms with Crippen LogP contribution in [-0.4, -0.2) is 52.1 Å². The lowest BCUT2D eigenvalue weighted by atomic mass is 9.93. The standard InChI is InChI=1S/C23H30N4O3/c1-16-10-11-20(15-30-19(4)17(2)18(3)29-5)14-26(16)23(28)21-8-6-7-9-22(21)27-24-12-13-25-27/h6-9,12-13,16,20H,3,10-11,14-15H2,1-2,4-5H3/b19-17+/t16-,20?/m1/s1. The molecule has 2 atom stereocenters. The summed E-state index contributed by atoms with van der Waals surface area (Å²) in [6.45, 7) is 11.0. The Hall–Kier alpha value is -3.09. The number of aromatic nitrogens is 3. The summed E-state index contributed by atoms with van der Waals surface area (Å²) in [6.07, 6.45) is 5.17. The van der Waals surface area contributed by atoms with E-state index in [1.54, 1.807) is 19.5 Å². The first-order valence-corrected chi connectivity index (χ1v) is 10.2. The molecule has 2 aromatic rings. The lowest BCUT2D eigenvalue weighted by Gasteiger charge is -2.38. The topological polar surface area (TPSA) is 69.5 Å². The number of hydrogen-bond acceptors (Lipinski definition) is 5. The van der Waals surface area contributed by atoms with Gasteiger partial charge in [0.05, 0.1) is 43.1 Å². The minimum absolute atomic E-state index is 0.00342. The molecule has 1 aliphatic heterocycles. The second-order valence-electron chi connectivity index (χ2n) is 7.71. The van der Waals surface area contributed by atoms with Crippen LogP contribution in [0.25, 0.3) is 5.69 Å². The fourth-order valence-electron chi connectivity index (χ4n) is 3.63. The Bertz CT molecular complexity index is 920. The van der Waals surface area contributed by atoms with Crippen LogP contribution in [0, 0.1) is 5.92 Å². The molecule has 1 saturated heterocycles. The Kier molecular flexibility index (Phi) is 6.92. The molecule has 0 radical (unpaired) electrons. The van der Waals surface area contributed by atoms with Crippen molar-refractivity contribution in [1.29, 1.82) is 0 Å². The Morgan fingerprint density at radius 3 is 2.60 bits per heavy atom. The van der Waals surface area contributed by atoms with E-state index in [9.17, 15) is 4.79 Å². The minimum Gasteiger partial charge on any atom is -0.497 e. The van der Waals surface area contributed by atoms with Gasteiger partial charge in [-0.2, -0.15) is 15.0 Å². The fraction of sp³-hybridized carbons (Fsp3) is 0.435. The summed E-state index contributed by atoms with van der Waals surface area (Å²) in [4.78, 5) is 16.9. The van der Waals surface area contributed by atoms with E-state index < -0.39 is 0 Å². The second kappa shape index (κ2) is 9.61. The summed E-state index contributed by atoms with van der Waals surface area (Å²) in [5.41, 5.74) is 2.19. The summed E-state index contributed by atoms with van der Waals surface area (Å²) >= 11 is 0. The Balaban J connectivity index is 1.72. The highest BCUT2D eigenvalue weighted by Gasteiger charge is 2.31. The lowest BCUT2D eigenvalue weighted by molar-refractivity contribution is 0.0447. The number of rotatable bonds is 7. The van der Waals surface area contributed by atoms with Crippen molar-refractivity contribution >= 4 is 5.91 Å². The molecule has 1 unspecified atom stereocenters. The molecular weight excluding hydrogens is 380 g/mol. The molecule has 0 aliphatic carbocycles. The molecular formula is C23H30N4O3. The first kappa shape index (κ1) is 21.6. The van der Waals surface area contributed by atoms with Crippen LogP contribution in [0.15, 0.2) is 60.3 Å². The van der Waals surface area contributed by atoms with Crippen LogP contribution in [0.3, 0.4) is 0 Å². The van der Waals surface area contributed by atoms with Gasteiger partial charge in [-0.15, -0.1) is 0 Å². The van der Waals surface area contributed by atoms with Crippen molar-refractivity contribution in [3.63, 3.8) is 0 Å². The number of hydrogen-bond donors (Lipinski definition) is 0. The smallest absolute Gasteiger partial charge is 0.256 e. The lowest BCUT2D eigenvalue weighted by Crippen LogP contribution is -2.46. The van der Waals surface area contributed by atoms with Crippen molar-refractivity contribution < 1.29 is 14.3 Å². The maximum Gasteiger partial charge on any atom is 0.256 e. The number of carbonyl (C=O) groups excluding carboxylic acids is 1. The number of piperidine rings is 1. The summed E-state index contributed by atoms with van der Waals surface area (Å²) in [7, 11) is 1.60. The van der Waals surface area contributed by atoms with Crippen LogP contribution in [0.4, 0.5) is 0 Å². The maximum atomic E-state index is 13.4. The quantitative estimate of drug-likeness (QED) is 0.510. The number of allylic oxidation sites excluding steroid dienone is 2. The van der Waals surface area contributed by atoms with Gasteiger partial charge < -0.3 is 14.4 Å². The number of amides is 1. The number of ether oxygens (including phenoxy) is 2. The zero-order valence-corrected chi connectivity index (χ0v) is 18.2. The molecule has 3 rings (SSSR count). The van der Waals surface area contributed by atoms with Crippen molar-refractivity contribution in [2.24, 2.45) is 5.92 Å². The van der Waals surface area contributed by atoms with Crippen LogP contribution in [0.5, 0.6) is 0 Å². The summed E-state index contributed by atoms with van der Waals surface area (Å²) in [6, 6.07) is 7.62. The molecule has 1 amide bonds. The number of methoxy groups -OCH3 is 1. The Labute approximate surface area is 178 Å². The fourth-order valence-corrected chi connectivity index (χ4v) is 3.63. The third kappa shape index (κ3) is 4.72. The number of carbonyl (C=O) groups is 1. The highest BCUT2D eigenvalue weighted by molar-refractivity contribution is 5.98. The van der Waals surface area contributed by atoms with E-state index in [0.29, 0.717) is 30.2 Å². The molecule has 1 aromatic carbocycles. The largest absolute Gasteiger partial charge is 0.497 e. The SMILES string of the molecule is C=C(OC)/C(C)=C(\C)OCC1CC[C@@H](C)N(C(=O)c2ccccc2-n2nccn2)C1. The van der Waals surface area contributed by atoms with Crippen LogP contribution in [0.2, 0.25) is 0 Å². The van der Waals surface area contributed by atoms with E-state index in [1.807, 2.05) is 43.0 Å². The average Bonchev–Trinajstić information content (AvgIpc) is 3.31. The van der Waals surface area contributed by atoms with Gasteiger partial charge in [0.2, 0.25) is 0 Å². The molecule has 2 heterocycles. The summed E-state index contributed by atoms with van der Waals surface area (Å²) in [5, 5.41) is 8.38. The van der Waals surface area contributed by atoms with E-state index in [1.165, 1.54) is 4.80 Å². The zero-order valence-electron chi connectivity index (χ0n) is 18.2. The molecule has 0 spiro atoms. The van der Waals surface area contributed by atoms with Crippen molar-refractivity contribution in [3.05, 3.63) is 65.9 Å². The van der Waals surface area contributed by atoms with Crippen molar-refractivity contribution in [2.75, 3.05) is 20.3 Å². The number of para-hydroxylation sites is 1. The molecule has 1 fully saturated rings. The van der Waals surface area contributed by atoms with E-state index in [0.717, 1.165) is 24.2 Å². The van der Waals surface area contributed by atoms with Gasteiger partial charge in [-0.1, -0.05) is 18.7 Å². The van der Waals surface area contributed by atoms with E-state index >= 15 is 0 Å². The molecule has 0 bridgehead atoms. The molecule has 1 aromatic heterocycles. The van der Waals surface area contributed by atoms with Gasteiger partial charge in [0.1, 0.15) is 5.76 Å². The van der Waals surface area contributed by atoms with E-state index in [4.69, 9.17) is 9.47 Å². The highest BCUT2D eigenvalue weighted by Crippen LogP contribution is 2.26. The Morgan fingerprint density at radius 1 is 1.20 bits per heavy atom. The zero-order chi connectivity index (χ0) is 21.7. The number of benzene rings is 1. The second-order valence-corrected chi connectivity index (χ2v) is 7.71. The van der Waals surface area contributed by atoms with Crippen LogP contribution in [-0.2, 0) is 9.47 Å². The van der Waals surface area contributed by atoms with Crippen molar-refractivity contribution in [2.45, 2.75) is 39.7 Å². The van der Waals surface area contributed by atoms with Crippen LogP contribution in [0.1, 0.15) is 44.0 Å². The van der Waals surface area contributed by atoms with Crippen LogP contribution < -0.4 is 0 Å². The number of likely N-dealkylation sites (tertiary alicyclic amines) is 1. The highest BCUT2D eigenvalue weighted by atomic mass is 16.5. The normalized spacial score (nSPS) is 19.8. The van der Waals surface area contributed by atoms with E-state index in [-0.39, 0.29) is 17.9 Å². The maximum absolute atomic E-state index is 13.4. The molecule has 0 saturated carbocycles. The van der Waals surface area contributed by atoms with Gasteiger partial charge in [-0.25, -0.2) is 0 Å². The first-order valence-electron chi connectivity index (χ1n) is 10.2. The molecule has 0 N–H and O–H groups in total. The predicted molar refractivity (Wildman–Crippen MR) is 115 cm³/mol. The van der Waals surface area contributed by atoms with Gasteiger partial charge in [0, 0.05) is 24.1 Å². The first-order chi connectivity index (χ1) is 14.4. The molecule has 1 aliphatic rings. The van der Waals surface area contributed by atoms with Gasteiger partial charge in [-0.3, -0.25) is 4.79 Å². The molecule has 7 nitrogen and oxygen atoms in total. The third-order valence-corrected chi connectivity index (χ3v) is 5.74. The molecule has 160 valence electrons. The van der Waals surface area contributed by atoms with Crippen LogP contribution >= 0.6 is 0 Å². The number of nitrogens with zero attached hydrogens (tertiary/aromatic N) is 4. The third-order valence-electron chi connectivity index (χ3n) is 5.74. The molecule has 30 heavy (non-hydrogen) atoms. The van der Waals surface area contributed by atoms with Gasteiger partial charge in [-0.05, 0) is 45.7 Å². The van der Waals surface area contributed by atoms with Gasteiger partial charge >= 0.3 is 0 Å². The van der Waals surface area contributed by atoms with E-state index in [2.05, 4.69) is 23.7 Å². The summed E-state index contributed by atoms with van der Waals surface area (Å²) in [5.74, 6) is 1.66.